The van der Waals surface area contributed by atoms with E-state index in [4.69, 9.17) is 0 Å². The lowest BCUT2D eigenvalue weighted by molar-refractivity contribution is -0.131. The molecule has 1 amide bonds. The zero-order chi connectivity index (χ0) is 9.97. The fraction of sp³-hybridized carbons (Fsp3) is 0.600. The quantitative estimate of drug-likeness (QED) is 0.773. The van der Waals surface area contributed by atoms with Crippen LogP contribution in [0.25, 0.3) is 0 Å². The number of H-pyrrole nitrogens is 1. The van der Waals surface area contributed by atoms with Crippen molar-refractivity contribution in [3.63, 3.8) is 0 Å². The first-order chi connectivity index (χ1) is 6.83. The Balaban J connectivity index is 2.15. The number of aromatic amines is 1. The smallest absolute Gasteiger partial charge is 0.222 e. The van der Waals surface area contributed by atoms with Crippen LogP contribution >= 0.6 is 0 Å². The lowest BCUT2D eigenvalue weighted by Gasteiger charge is -2.22. The second-order valence-corrected chi connectivity index (χ2v) is 3.61. The lowest BCUT2D eigenvalue weighted by Crippen LogP contribution is -2.29. The van der Waals surface area contributed by atoms with E-state index >= 15 is 0 Å². The number of likely N-dealkylation sites (tertiary alicyclic amines) is 1. The summed E-state index contributed by atoms with van der Waals surface area (Å²) in [5, 5.41) is 6.87. The third kappa shape index (κ3) is 1.52. The van der Waals surface area contributed by atoms with Crippen molar-refractivity contribution in [2.45, 2.75) is 32.2 Å². The van der Waals surface area contributed by atoms with E-state index in [9.17, 15) is 4.79 Å². The predicted octanol–water partition coefficient (Wildman–Crippen LogP) is 1.48. The molecule has 0 saturated carbocycles. The van der Waals surface area contributed by atoms with Crippen LogP contribution in [0.4, 0.5) is 0 Å². The molecule has 76 valence electrons. The van der Waals surface area contributed by atoms with Crippen LogP contribution in [0, 0.1) is 0 Å². The Hall–Kier alpha value is -1.32. The largest absolute Gasteiger partial charge is 0.334 e. The number of hydrogen-bond donors (Lipinski definition) is 1. The number of carbonyl (C=O) groups is 1. The van der Waals surface area contributed by atoms with Gasteiger partial charge in [0.05, 0.1) is 11.7 Å². The number of carbonyl (C=O) groups excluding carboxylic acids is 1. The molecular formula is C10H15N3O. The molecule has 2 rings (SSSR count). The van der Waals surface area contributed by atoms with Gasteiger partial charge in [-0.15, -0.1) is 0 Å². The van der Waals surface area contributed by atoms with E-state index in [2.05, 4.69) is 10.2 Å². The van der Waals surface area contributed by atoms with Gasteiger partial charge >= 0.3 is 0 Å². The second-order valence-electron chi connectivity index (χ2n) is 3.61. The van der Waals surface area contributed by atoms with Crippen LogP contribution in [0.2, 0.25) is 0 Å². The van der Waals surface area contributed by atoms with E-state index in [0.29, 0.717) is 6.42 Å². The summed E-state index contributed by atoms with van der Waals surface area (Å²) >= 11 is 0. The average Bonchev–Trinajstić information content (AvgIpc) is 2.85. The van der Waals surface area contributed by atoms with Crippen molar-refractivity contribution in [2.75, 3.05) is 6.54 Å². The minimum atomic E-state index is 0.227. The summed E-state index contributed by atoms with van der Waals surface area (Å²) in [5.74, 6) is 0.238. The standard InChI is InChI=1S/C10H15N3O/c1-2-10(14)13-7-3-4-9(13)8-5-6-11-12-8/h5-6,9H,2-4,7H2,1H3,(H,11,12). The van der Waals surface area contributed by atoms with Crippen LogP contribution in [-0.2, 0) is 4.79 Å². The first-order valence-corrected chi connectivity index (χ1v) is 5.11. The monoisotopic (exact) mass is 193 g/mol. The molecule has 2 heterocycles. The molecule has 0 aliphatic carbocycles. The molecule has 1 atom stereocenters. The van der Waals surface area contributed by atoms with Gasteiger partial charge in [0.2, 0.25) is 5.91 Å². The molecule has 1 aliphatic heterocycles. The average molecular weight is 193 g/mol. The van der Waals surface area contributed by atoms with Gasteiger partial charge in [-0.25, -0.2) is 0 Å². The van der Waals surface area contributed by atoms with E-state index < -0.39 is 0 Å². The van der Waals surface area contributed by atoms with Gasteiger partial charge in [-0.3, -0.25) is 9.89 Å². The van der Waals surface area contributed by atoms with Crippen molar-refractivity contribution < 1.29 is 4.79 Å². The highest BCUT2D eigenvalue weighted by atomic mass is 16.2. The summed E-state index contributed by atoms with van der Waals surface area (Å²) in [6.45, 7) is 2.79. The molecule has 1 saturated heterocycles. The highest BCUT2D eigenvalue weighted by Gasteiger charge is 2.29. The molecule has 1 N–H and O–H groups in total. The van der Waals surface area contributed by atoms with Crippen molar-refractivity contribution in [3.05, 3.63) is 18.0 Å². The van der Waals surface area contributed by atoms with Gasteiger partial charge in [-0.2, -0.15) is 5.10 Å². The first kappa shape index (κ1) is 9.24. The Morgan fingerprint density at radius 2 is 2.64 bits per heavy atom. The maximum atomic E-state index is 11.6. The summed E-state index contributed by atoms with van der Waals surface area (Å²) < 4.78 is 0. The second kappa shape index (κ2) is 3.82. The molecule has 1 aromatic heterocycles. The Morgan fingerprint density at radius 3 is 3.29 bits per heavy atom. The van der Waals surface area contributed by atoms with Gasteiger partial charge in [0.15, 0.2) is 0 Å². The Morgan fingerprint density at radius 1 is 1.79 bits per heavy atom. The van der Waals surface area contributed by atoms with Crippen molar-refractivity contribution in [1.82, 2.24) is 15.1 Å². The molecule has 1 aromatic rings. The molecule has 1 fully saturated rings. The van der Waals surface area contributed by atoms with Crippen LogP contribution in [0.5, 0.6) is 0 Å². The maximum absolute atomic E-state index is 11.6. The highest BCUT2D eigenvalue weighted by molar-refractivity contribution is 5.76. The first-order valence-electron chi connectivity index (χ1n) is 5.11. The molecule has 0 radical (unpaired) electrons. The number of aromatic nitrogens is 2. The van der Waals surface area contributed by atoms with Gasteiger partial charge in [0.25, 0.3) is 0 Å². The fourth-order valence-corrected chi connectivity index (χ4v) is 2.04. The molecule has 1 unspecified atom stereocenters. The Bertz CT molecular complexity index is 307. The number of rotatable bonds is 2. The van der Waals surface area contributed by atoms with Crippen molar-refractivity contribution in [2.24, 2.45) is 0 Å². The lowest BCUT2D eigenvalue weighted by atomic mass is 10.1. The number of nitrogens with one attached hydrogen (secondary N) is 1. The van der Waals surface area contributed by atoms with Crippen LogP contribution < -0.4 is 0 Å². The molecule has 4 nitrogen and oxygen atoms in total. The minimum absolute atomic E-state index is 0.227. The molecule has 14 heavy (non-hydrogen) atoms. The third-order valence-corrected chi connectivity index (χ3v) is 2.76. The topological polar surface area (TPSA) is 49.0 Å². The normalized spacial score (nSPS) is 21.5. The SMILES string of the molecule is CCC(=O)N1CCCC1c1ccn[nH]1. The Kier molecular flexibility index (Phi) is 2.52. The zero-order valence-electron chi connectivity index (χ0n) is 8.36. The molecular weight excluding hydrogens is 178 g/mol. The molecule has 0 bridgehead atoms. The molecule has 0 spiro atoms. The maximum Gasteiger partial charge on any atom is 0.222 e. The summed E-state index contributed by atoms with van der Waals surface area (Å²) in [6, 6.07) is 2.18. The number of nitrogens with zero attached hydrogens (tertiary/aromatic N) is 2. The fourth-order valence-electron chi connectivity index (χ4n) is 2.04. The van der Waals surface area contributed by atoms with Crippen LogP contribution in [0.15, 0.2) is 12.3 Å². The zero-order valence-corrected chi connectivity index (χ0v) is 8.36. The molecule has 0 aromatic carbocycles. The summed E-state index contributed by atoms with van der Waals surface area (Å²) in [4.78, 5) is 13.6. The van der Waals surface area contributed by atoms with Gasteiger partial charge in [0.1, 0.15) is 0 Å². The van der Waals surface area contributed by atoms with E-state index in [1.165, 1.54) is 0 Å². The minimum Gasteiger partial charge on any atom is -0.334 e. The number of hydrogen-bond acceptors (Lipinski definition) is 2. The van der Waals surface area contributed by atoms with E-state index in [-0.39, 0.29) is 11.9 Å². The third-order valence-electron chi connectivity index (χ3n) is 2.76. The van der Waals surface area contributed by atoms with Crippen molar-refractivity contribution in [3.8, 4) is 0 Å². The van der Waals surface area contributed by atoms with Crippen molar-refractivity contribution in [1.29, 1.82) is 0 Å². The summed E-state index contributed by atoms with van der Waals surface area (Å²) in [7, 11) is 0. The molecule has 1 aliphatic rings. The van der Waals surface area contributed by atoms with Crippen LogP contribution in [-0.4, -0.2) is 27.5 Å². The summed E-state index contributed by atoms with van der Waals surface area (Å²) in [6.07, 6.45) is 4.47. The van der Waals surface area contributed by atoms with Gasteiger partial charge in [0, 0.05) is 19.2 Å². The van der Waals surface area contributed by atoms with Gasteiger partial charge in [-0.05, 0) is 18.9 Å². The molecule has 4 heteroatoms. The van der Waals surface area contributed by atoms with Crippen LogP contribution in [0.1, 0.15) is 37.9 Å². The van der Waals surface area contributed by atoms with E-state index in [1.807, 2.05) is 17.9 Å². The van der Waals surface area contributed by atoms with E-state index in [0.717, 1.165) is 25.1 Å². The number of amides is 1. The van der Waals surface area contributed by atoms with Crippen molar-refractivity contribution >= 4 is 5.91 Å². The Labute approximate surface area is 83.3 Å². The summed E-state index contributed by atoms with van der Waals surface area (Å²) in [5.41, 5.74) is 1.06. The predicted molar refractivity (Wildman–Crippen MR) is 52.6 cm³/mol. The highest BCUT2D eigenvalue weighted by Crippen LogP contribution is 2.30. The van der Waals surface area contributed by atoms with Gasteiger partial charge < -0.3 is 4.90 Å². The van der Waals surface area contributed by atoms with E-state index in [1.54, 1.807) is 6.20 Å². The van der Waals surface area contributed by atoms with Gasteiger partial charge in [-0.1, -0.05) is 6.92 Å². The van der Waals surface area contributed by atoms with Crippen LogP contribution in [0.3, 0.4) is 0 Å².